The highest BCUT2D eigenvalue weighted by Gasteiger charge is 2.23. The van der Waals surface area contributed by atoms with Gasteiger partial charge in [-0.1, -0.05) is 12.1 Å². The van der Waals surface area contributed by atoms with Crippen LogP contribution in [0.1, 0.15) is 29.9 Å². The zero-order chi connectivity index (χ0) is 8.55. The van der Waals surface area contributed by atoms with Gasteiger partial charge in [-0.3, -0.25) is 0 Å². The Kier molecular flexibility index (Phi) is 2.37. The average molecular weight is 274 g/mol. The van der Waals surface area contributed by atoms with Gasteiger partial charge in [0.25, 0.3) is 0 Å². The Bertz CT molecular complexity index is 292. The molecule has 1 nitrogen and oxygen atoms in total. The molecule has 0 bridgehead atoms. The van der Waals surface area contributed by atoms with Crippen molar-refractivity contribution in [3.8, 4) is 0 Å². The van der Waals surface area contributed by atoms with Gasteiger partial charge in [0.15, 0.2) is 0 Å². The molecule has 64 valence electrons. The number of halogens is 1. The molecule has 1 aliphatic rings. The van der Waals surface area contributed by atoms with Gasteiger partial charge in [0, 0.05) is 3.57 Å². The van der Waals surface area contributed by atoms with Crippen LogP contribution in [0.15, 0.2) is 18.2 Å². The van der Waals surface area contributed by atoms with Gasteiger partial charge < -0.3 is 5.11 Å². The summed E-state index contributed by atoms with van der Waals surface area (Å²) in [6, 6.07) is 6.41. The molecule has 1 aromatic rings. The smallest absolute Gasteiger partial charge is 0.0692 e. The van der Waals surface area contributed by atoms with Crippen LogP contribution in [0.3, 0.4) is 0 Å². The molecular weight excluding hydrogens is 263 g/mol. The molecule has 0 aromatic heterocycles. The van der Waals surface area contributed by atoms with E-state index in [1.807, 2.05) is 0 Å². The zero-order valence-electron chi connectivity index (χ0n) is 6.76. The third-order valence-corrected chi connectivity index (χ3v) is 3.34. The summed E-state index contributed by atoms with van der Waals surface area (Å²) in [4.78, 5) is 0. The number of hydrogen-bond acceptors (Lipinski definition) is 1. The lowest BCUT2D eigenvalue weighted by Crippen LogP contribution is -1.90. The second-order valence-electron chi connectivity index (χ2n) is 3.28. The van der Waals surface area contributed by atoms with Crippen LogP contribution < -0.4 is 0 Å². The van der Waals surface area contributed by atoms with E-state index in [1.54, 1.807) is 0 Å². The highest BCUT2D eigenvalue weighted by Crippen LogP contribution is 2.40. The molecule has 0 unspecified atom stereocenters. The lowest BCUT2D eigenvalue weighted by molar-refractivity contribution is 0.281. The fourth-order valence-corrected chi connectivity index (χ4v) is 1.89. The predicted molar refractivity (Wildman–Crippen MR) is 57.1 cm³/mol. The molecule has 0 heterocycles. The quantitative estimate of drug-likeness (QED) is 0.822. The van der Waals surface area contributed by atoms with E-state index in [4.69, 9.17) is 5.11 Å². The maximum absolute atomic E-state index is 9.04. The first kappa shape index (κ1) is 8.51. The second kappa shape index (κ2) is 3.34. The number of aliphatic hydroxyl groups is 1. The minimum atomic E-state index is 0.166. The predicted octanol–water partition coefficient (Wildman–Crippen LogP) is 2.66. The average Bonchev–Trinajstić information content (AvgIpc) is 2.88. The molecule has 1 saturated carbocycles. The molecular formula is C10H11IO. The minimum Gasteiger partial charge on any atom is -0.392 e. The molecule has 0 atom stereocenters. The summed E-state index contributed by atoms with van der Waals surface area (Å²) >= 11 is 2.26. The standard InChI is InChI=1S/C10H11IO/c11-10-4-3-8(7-1-2-7)5-9(10)6-12/h3-5,7,12H,1-2,6H2. The van der Waals surface area contributed by atoms with Gasteiger partial charge in [-0.05, 0) is 58.5 Å². The minimum absolute atomic E-state index is 0.166. The molecule has 2 rings (SSSR count). The number of aliphatic hydroxyl groups excluding tert-OH is 1. The van der Waals surface area contributed by atoms with E-state index in [-0.39, 0.29) is 6.61 Å². The van der Waals surface area contributed by atoms with Crippen LogP contribution in [-0.4, -0.2) is 5.11 Å². The SMILES string of the molecule is OCc1cc(C2CC2)ccc1I. The molecule has 0 aliphatic heterocycles. The fourth-order valence-electron chi connectivity index (χ4n) is 1.39. The second-order valence-corrected chi connectivity index (χ2v) is 4.45. The highest BCUT2D eigenvalue weighted by molar-refractivity contribution is 14.1. The van der Waals surface area contributed by atoms with E-state index < -0.39 is 0 Å². The van der Waals surface area contributed by atoms with Crippen LogP contribution in [0, 0.1) is 3.57 Å². The van der Waals surface area contributed by atoms with E-state index in [0.717, 1.165) is 11.5 Å². The van der Waals surface area contributed by atoms with Crippen molar-refractivity contribution in [3.05, 3.63) is 32.9 Å². The monoisotopic (exact) mass is 274 g/mol. The van der Waals surface area contributed by atoms with Crippen LogP contribution >= 0.6 is 22.6 Å². The van der Waals surface area contributed by atoms with E-state index in [2.05, 4.69) is 40.8 Å². The van der Waals surface area contributed by atoms with Gasteiger partial charge in [-0.25, -0.2) is 0 Å². The number of hydrogen-bond donors (Lipinski definition) is 1. The van der Waals surface area contributed by atoms with Crippen molar-refractivity contribution in [1.82, 2.24) is 0 Å². The van der Waals surface area contributed by atoms with E-state index >= 15 is 0 Å². The van der Waals surface area contributed by atoms with Crippen LogP contribution in [0.2, 0.25) is 0 Å². The van der Waals surface area contributed by atoms with Crippen LogP contribution in [-0.2, 0) is 6.61 Å². The summed E-state index contributed by atoms with van der Waals surface area (Å²) in [5.41, 5.74) is 2.47. The van der Waals surface area contributed by atoms with E-state index in [9.17, 15) is 0 Å². The van der Waals surface area contributed by atoms with Crippen LogP contribution in [0.5, 0.6) is 0 Å². The highest BCUT2D eigenvalue weighted by atomic mass is 127. The molecule has 0 radical (unpaired) electrons. The normalized spacial score (nSPS) is 16.5. The Morgan fingerprint density at radius 2 is 2.17 bits per heavy atom. The molecule has 1 aliphatic carbocycles. The Hall–Kier alpha value is -0.0900. The largest absolute Gasteiger partial charge is 0.392 e. The van der Waals surface area contributed by atoms with Crippen LogP contribution in [0.25, 0.3) is 0 Å². The summed E-state index contributed by atoms with van der Waals surface area (Å²) in [7, 11) is 0. The van der Waals surface area contributed by atoms with Crippen molar-refractivity contribution in [2.45, 2.75) is 25.4 Å². The molecule has 1 aromatic carbocycles. The Morgan fingerprint density at radius 1 is 1.42 bits per heavy atom. The van der Waals surface area contributed by atoms with Gasteiger partial charge in [-0.15, -0.1) is 0 Å². The third-order valence-electron chi connectivity index (χ3n) is 2.29. The summed E-state index contributed by atoms with van der Waals surface area (Å²) in [6.07, 6.45) is 2.65. The van der Waals surface area contributed by atoms with Gasteiger partial charge in [0.05, 0.1) is 6.61 Å². The number of benzene rings is 1. The molecule has 2 heteroatoms. The Morgan fingerprint density at radius 3 is 2.75 bits per heavy atom. The van der Waals surface area contributed by atoms with E-state index in [0.29, 0.717) is 0 Å². The summed E-state index contributed by atoms with van der Waals surface area (Å²) in [6.45, 7) is 0.166. The van der Waals surface area contributed by atoms with Crippen LogP contribution in [0.4, 0.5) is 0 Å². The van der Waals surface area contributed by atoms with Crippen molar-refractivity contribution >= 4 is 22.6 Å². The van der Waals surface area contributed by atoms with Gasteiger partial charge in [-0.2, -0.15) is 0 Å². The molecule has 1 fully saturated rings. The fraction of sp³-hybridized carbons (Fsp3) is 0.400. The first-order chi connectivity index (χ1) is 5.81. The zero-order valence-corrected chi connectivity index (χ0v) is 8.91. The maximum atomic E-state index is 9.04. The molecule has 12 heavy (non-hydrogen) atoms. The summed E-state index contributed by atoms with van der Waals surface area (Å²) in [5, 5.41) is 9.04. The van der Waals surface area contributed by atoms with Crippen molar-refractivity contribution in [2.75, 3.05) is 0 Å². The lowest BCUT2D eigenvalue weighted by atomic mass is 10.1. The Balaban J connectivity index is 2.33. The van der Waals surface area contributed by atoms with Crippen molar-refractivity contribution in [1.29, 1.82) is 0 Å². The van der Waals surface area contributed by atoms with Crippen molar-refractivity contribution < 1.29 is 5.11 Å². The summed E-state index contributed by atoms with van der Waals surface area (Å²) < 4.78 is 1.17. The first-order valence-corrected chi connectivity index (χ1v) is 5.28. The van der Waals surface area contributed by atoms with Crippen molar-refractivity contribution in [2.24, 2.45) is 0 Å². The van der Waals surface area contributed by atoms with Gasteiger partial charge >= 0.3 is 0 Å². The van der Waals surface area contributed by atoms with Gasteiger partial charge in [0.1, 0.15) is 0 Å². The topological polar surface area (TPSA) is 20.2 Å². The lowest BCUT2D eigenvalue weighted by Gasteiger charge is -2.03. The molecule has 0 saturated heterocycles. The number of rotatable bonds is 2. The third kappa shape index (κ3) is 1.64. The molecule has 0 spiro atoms. The first-order valence-electron chi connectivity index (χ1n) is 4.20. The van der Waals surface area contributed by atoms with E-state index in [1.165, 1.54) is 22.0 Å². The summed E-state index contributed by atoms with van der Waals surface area (Å²) in [5.74, 6) is 0.785. The van der Waals surface area contributed by atoms with Gasteiger partial charge in [0.2, 0.25) is 0 Å². The molecule has 0 amide bonds. The van der Waals surface area contributed by atoms with Crippen molar-refractivity contribution in [3.63, 3.8) is 0 Å². The Labute approximate surface area is 85.9 Å². The molecule has 1 N–H and O–H groups in total. The maximum Gasteiger partial charge on any atom is 0.0692 e.